The summed E-state index contributed by atoms with van der Waals surface area (Å²) >= 11 is 0. The number of aromatic nitrogens is 1. The molecule has 1 atom stereocenters. The molecule has 1 aromatic carbocycles. The summed E-state index contributed by atoms with van der Waals surface area (Å²) in [6, 6.07) is 10.8. The minimum atomic E-state index is 0.00265. The standard InChI is InChI=1S/C23H31N3O/c1-23(2,3)20(15-26-13-11-16-6-4-5-7-18(16)14-26)25-22(27)19-10-12-24-21(19)17-8-9-17/h4-7,10,12,17,20,24H,8-9,11,13-15H2,1-3H3,(H,25,27). The average molecular weight is 366 g/mol. The maximum Gasteiger partial charge on any atom is 0.253 e. The Hall–Kier alpha value is -2.07. The minimum absolute atomic E-state index is 0.00265. The largest absolute Gasteiger partial charge is 0.364 e. The molecule has 1 amide bonds. The number of hydrogen-bond acceptors (Lipinski definition) is 2. The lowest BCUT2D eigenvalue weighted by molar-refractivity contribution is 0.0862. The molecular weight excluding hydrogens is 334 g/mol. The maximum atomic E-state index is 13.0. The monoisotopic (exact) mass is 365 g/mol. The van der Waals surface area contributed by atoms with E-state index in [9.17, 15) is 4.79 Å². The van der Waals surface area contributed by atoms with E-state index in [2.05, 4.69) is 60.2 Å². The van der Waals surface area contributed by atoms with Crippen molar-refractivity contribution in [1.82, 2.24) is 15.2 Å². The number of rotatable bonds is 5. The van der Waals surface area contributed by atoms with Gasteiger partial charge in [0.1, 0.15) is 0 Å². The van der Waals surface area contributed by atoms with Crippen LogP contribution in [0.3, 0.4) is 0 Å². The molecule has 2 aliphatic rings. The van der Waals surface area contributed by atoms with Crippen LogP contribution in [-0.4, -0.2) is 34.9 Å². The van der Waals surface area contributed by atoms with Gasteiger partial charge in [0.05, 0.1) is 5.56 Å². The number of H-pyrrole nitrogens is 1. The van der Waals surface area contributed by atoms with Crippen LogP contribution in [0.4, 0.5) is 0 Å². The van der Waals surface area contributed by atoms with Crippen LogP contribution in [0, 0.1) is 5.41 Å². The second kappa shape index (κ2) is 7.16. The van der Waals surface area contributed by atoms with Crippen molar-refractivity contribution in [2.24, 2.45) is 5.41 Å². The summed E-state index contributed by atoms with van der Waals surface area (Å²) in [5, 5.41) is 3.35. The Kier molecular flexibility index (Phi) is 4.85. The first-order chi connectivity index (χ1) is 12.9. The van der Waals surface area contributed by atoms with Gasteiger partial charge in [-0.1, -0.05) is 45.0 Å². The molecule has 1 unspecified atom stereocenters. The van der Waals surface area contributed by atoms with Gasteiger partial charge in [-0.25, -0.2) is 0 Å². The first-order valence-corrected chi connectivity index (χ1v) is 10.2. The van der Waals surface area contributed by atoms with Gasteiger partial charge in [0.2, 0.25) is 0 Å². The van der Waals surface area contributed by atoms with Crippen LogP contribution in [0.2, 0.25) is 0 Å². The number of nitrogens with zero attached hydrogens (tertiary/aromatic N) is 1. The predicted molar refractivity (Wildman–Crippen MR) is 109 cm³/mol. The van der Waals surface area contributed by atoms with Crippen LogP contribution < -0.4 is 5.32 Å². The predicted octanol–water partition coefficient (Wildman–Crippen LogP) is 4.09. The number of aromatic amines is 1. The number of fused-ring (bicyclic) bond motifs is 1. The highest BCUT2D eigenvalue weighted by Gasteiger charge is 2.33. The van der Waals surface area contributed by atoms with E-state index in [4.69, 9.17) is 0 Å². The Morgan fingerprint density at radius 2 is 1.96 bits per heavy atom. The number of amides is 1. The molecule has 4 nitrogen and oxygen atoms in total. The zero-order valence-electron chi connectivity index (χ0n) is 16.7. The van der Waals surface area contributed by atoms with E-state index in [0.29, 0.717) is 5.92 Å². The fraction of sp³-hybridized carbons (Fsp3) is 0.522. The van der Waals surface area contributed by atoms with E-state index in [0.717, 1.165) is 37.3 Å². The molecule has 2 N–H and O–H groups in total. The lowest BCUT2D eigenvalue weighted by atomic mass is 9.85. The molecule has 0 radical (unpaired) electrons. The van der Waals surface area contributed by atoms with Gasteiger partial charge >= 0.3 is 0 Å². The average Bonchev–Trinajstić information content (AvgIpc) is 3.36. The highest BCUT2D eigenvalue weighted by Crippen LogP contribution is 2.40. The molecule has 1 saturated carbocycles. The Balaban J connectivity index is 1.46. The highest BCUT2D eigenvalue weighted by atomic mass is 16.1. The first-order valence-electron chi connectivity index (χ1n) is 10.2. The fourth-order valence-corrected chi connectivity index (χ4v) is 4.03. The number of hydrogen-bond donors (Lipinski definition) is 2. The Bertz CT molecular complexity index is 813. The minimum Gasteiger partial charge on any atom is -0.364 e. The van der Waals surface area contributed by atoms with Gasteiger partial charge in [0.25, 0.3) is 5.91 Å². The molecule has 4 rings (SSSR count). The molecule has 4 heteroatoms. The summed E-state index contributed by atoms with van der Waals surface area (Å²) in [4.78, 5) is 18.8. The van der Waals surface area contributed by atoms with Crippen LogP contribution in [0.25, 0.3) is 0 Å². The van der Waals surface area contributed by atoms with Crippen molar-refractivity contribution in [3.8, 4) is 0 Å². The van der Waals surface area contributed by atoms with Crippen molar-refractivity contribution >= 4 is 5.91 Å². The van der Waals surface area contributed by atoms with Crippen molar-refractivity contribution in [1.29, 1.82) is 0 Å². The molecule has 1 aliphatic heterocycles. The van der Waals surface area contributed by atoms with Gasteiger partial charge < -0.3 is 10.3 Å². The summed E-state index contributed by atoms with van der Waals surface area (Å²) < 4.78 is 0. The smallest absolute Gasteiger partial charge is 0.253 e. The van der Waals surface area contributed by atoms with Gasteiger partial charge in [-0.05, 0) is 47.8 Å². The van der Waals surface area contributed by atoms with Gasteiger partial charge in [-0.3, -0.25) is 9.69 Å². The van der Waals surface area contributed by atoms with Gasteiger partial charge in [-0.15, -0.1) is 0 Å². The second-order valence-corrected chi connectivity index (χ2v) is 9.23. The second-order valence-electron chi connectivity index (χ2n) is 9.23. The number of nitrogens with one attached hydrogen (secondary N) is 2. The van der Waals surface area contributed by atoms with E-state index in [1.165, 1.54) is 24.0 Å². The SMILES string of the molecule is CC(C)(C)C(CN1CCc2ccccc2C1)NC(=O)c1cc[nH]c1C1CC1. The quantitative estimate of drug-likeness (QED) is 0.838. The Morgan fingerprint density at radius 1 is 1.22 bits per heavy atom. The Morgan fingerprint density at radius 3 is 2.67 bits per heavy atom. The molecule has 1 fully saturated rings. The zero-order chi connectivity index (χ0) is 19.0. The molecule has 1 aromatic heterocycles. The van der Waals surface area contributed by atoms with Gasteiger partial charge in [-0.2, -0.15) is 0 Å². The van der Waals surface area contributed by atoms with Crippen molar-refractivity contribution < 1.29 is 4.79 Å². The molecule has 144 valence electrons. The lowest BCUT2D eigenvalue weighted by Gasteiger charge is -2.38. The van der Waals surface area contributed by atoms with E-state index in [1.807, 2.05) is 12.3 Å². The summed E-state index contributed by atoms with van der Waals surface area (Å²) in [5.41, 5.74) is 4.83. The molecule has 0 saturated heterocycles. The third-order valence-corrected chi connectivity index (χ3v) is 6.01. The zero-order valence-corrected chi connectivity index (χ0v) is 16.7. The molecule has 2 heterocycles. The van der Waals surface area contributed by atoms with Crippen molar-refractivity contribution in [2.45, 2.75) is 58.5 Å². The molecule has 2 aromatic rings. The van der Waals surface area contributed by atoms with E-state index < -0.39 is 0 Å². The van der Waals surface area contributed by atoms with Crippen LogP contribution in [0.5, 0.6) is 0 Å². The van der Waals surface area contributed by atoms with Crippen LogP contribution >= 0.6 is 0 Å². The highest BCUT2D eigenvalue weighted by molar-refractivity contribution is 5.96. The Labute approximate surface area is 162 Å². The third-order valence-electron chi connectivity index (χ3n) is 6.01. The summed E-state index contributed by atoms with van der Waals surface area (Å²) in [7, 11) is 0. The molecule has 1 aliphatic carbocycles. The number of carbonyl (C=O) groups is 1. The third kappa shape index (κ3) is 4.11. The summed E-state index contributed by atoms with van der Waals surface area (Å²) in [5.74, 6) is 0.614. The van der Waals surface area contributed by atoms with Crippen LogP contribution in [0.15, 0.2) is 36.5 Å². The molecule has 0 spiro atoms. The lowest BCUT2D eigenvalue weighted by Crippen LogP contribution is -2.51. The van der Waals surface area contributed by atoms with E-state index >= 15 is 0 Å². The molecule has 27 heavy (non-hydrogen) atoms. The molecule has 0 bridgehead atoms. The van der Waals surface area contributed by atoms with E-state index in [1.54, 1.807) is 0 Å². The van der Waals surface area contributed by atoms with Crippen LogP contribution in [0.1, 0.15) is 66.7 Å². The van der Waals surface area contributed by atoms with Gasteiger partial charge in [0.15, 0.2) is 0 Å². The van der Waals surface area contributed by atoms with E-state index in [-0.39, 0.29) is 17.4 Å². The van der Waals surface area contributed by atoms with Crippen molar-refractivity contribution in [3.63, 3.8) is 0 Å². The van der Waals surface area contributed by atoms with Crippen molar-refractivity contribution in [3.05, 3.63) is 58.9 Å². The number of carbonyl (C=O) groups excluding carboxylic acids is 1. The summed E-state index contributed by atoms with van der Waals surface area (Å²) in [6.45, 7) is 9.55. The normalized spacial score (nSPS) is 18.8. The van der Waals surface area contributed by atoms with Crippen LogP contribution in [-0.2, 0) is 13.0 Å². The topological polar surface area (TPSA) is 48.1 Å². The summed E-state index contributed by atoms with van der Waals surface area (Å²) in [6.07, 6.45) is 5.37. The fourth-order valence-electron chi connectivity index (χ4n) is 4.03. The number of benzene rings is 1. The van der Waals surface area contributed by atoms with Gasteiger partial charge in [0, 0.05) is 37.6 Å². The molecular formula is C23H31N3O. The maximum absolute atomic E-state index is 13.0. The first kappa shape index (κ1) is 18.3. The van der Waals surface area contributed by atoms with Crippen molar-refractivity contribution in [2.75, 3.05) is 13.1 Å².